The Hall–Kier alpha value is -0.290. The van der Waals surface area contributed by atoms with Crippen molar-refractivity contribution >= 4 is 0 Å². The Morgan fingerprint density at radius 2 is 1.71 bits per heavy atom. The molecule has 1 aliphatic rings. The molecule has 1 atom stereocenters. The van der Waals surface area contributed by atoms with Crippen LogP contribution in [0.4, 0.5) is 13.2 Å². The molecule has 0 bridgehead atoms. The Balaban J connectivity index is 2.51. The minimum absolute atomic E-state index is 0.222. The van der Waals surface area contributed by atoms with Gasteiger partial charge in [0.1, 0.15) is 0 Å². The van der Waals surface area contributed by atoms with Crippen molar-refractivity contribution in [1.29, 1.82) is 0 Å². The van der Waals surface area contributed by atoms with Gasteiger partial charge in [0.05, 0.1) is 0 Å². The summed E-state index contributed by atoms with van der Waals surface area (Å²) in [6.45, 7) is 0.222. The fourth-order valence-corrected chi connectivity index (χ4v) is 1.99. The number of hydrogen-bond donors (Lipinski definition) is 2. The van der Waals surface area contributed by atoms with Gasteiger partial charge in [0.15, 0.2) is 0 Å². The highest BCUT2D eigenvalue weighted by Crippen LogP contribution is 2.28. The van der Waals surface area contributed by atoms with Gasteiger partial charge in [-0.05, 0) is 12.8 Å². The molecule has 2 nitrogen and oxygen atoms in total. The van der Waals surface area contributed by atoms with E-state index in [2.05, 4.69) is 5.32 Å². The third kappa shape index (κ3) is 2.85. The lowest BCUT2D eigenvalue weighted by molar-refractivity contribution is 0.00449. The molecule has 0 aromatic rings. The van der Waals surface area contributed by atoms with Gasteiger partial charge in [-0.25, -0.2) is 13.2 Å². The summed E-state index contributed by atoms with van der Waals surface area (Å²) in [6.07, 6.45) is -0.903. The highest BCUT2D eigenvalue weighted by Gasteiger charge is 2.35. The summed E-state index contributed by atoms with van der Waals surface area (Å²) < 4.78 is 36.8. The number of nitrogens with two attached hydrogens (primary N) is 1. The molecule has 3 N–H and O–H groups in total. The summed E-state index contributed by atoms with van der Waals surface area (Å²) in [7, 11) is 0. The topological polar surface area (TPSA) is 38.0 Å². The number of rotatable bonds is 4. The second kappa shape index (κ2) is 4.98. The van der Waals surface area contributed by atoms with E-state index < -0.39 is 18.3 Å². The van der Waals surface area contributed by atoms with Gasteiger partial charge in [-0.1, -0.05) is 19.3 Å². The standard InChI is InChI=1S/C9H17F3N2/c10-7(11)8(12)14-9(6-13)4-2-1-3-5-9/h7-8,14H,1-6,13H2. The van der Waals surface area contributed by atoms with Crippen molar-refractivity contribution < 1.29 is 13.2 Å². The molecule has 1 aliphatic carbocycles. The van der Waals surface area contributed by atoms with Crippen LogP contribution in [0, 0.1) is 0 Å². The van der Waals surface area contributed by atoms with Crippen molar-refractivity contribution in [2.45, 2.75) is 50.4 Å². The molecule has 1 rings (SSSR count). The third-order valence-corrected chi connectivity index (χ3v) is 2.87. The summed E-state index contributed by atoms with van der Waals surface area (Å²) in [5, 5.41) is 2.34. The van der Waals surface area contributed by atoms with Gasteiger partial charge in [-0.3, -0.25) is 5.32 Å². The first-order valence-corrected chi connectivity index (χ1v) is 5.00. The summed E-state index contributed by atoms with van der Waals surface area (Å²) in [4.78, 5) is 0. The van der Waals surface area contributed by atoms with Gasteiger partial charge >= 0.3 is 0 Å². The van der Waals surface area contributed by atoms with Crippen molar-refractivity contribution in [3.05, 3.63) is 0 Å². The molecule has 0 heterocycles. The van der Waals surface area contributed by atoms with E-state index in [1.807, 2.05) is 0 Å². The van der Waals surface area contributed by atoms with Crippen LogP contribution in [0.2, 0.25) is 0 Å². The Kier molecular flexibility index (Phi) is 4.19. The zero-order chi connectivity index (χ0) is 10.6. The zero-order valence-corrected chi connectivity index (χ0v) is 8.11. The number of nitrogens with one attached hydrogen (secondary N) is 1. The van der Waals surface area contributed by atoms with Crippen LogP contribution in [0.3, 0.4) is 0 Å². The van der Waals surface area contributed by atoms with Gasteiger partial charge in [0.2, 0.25) is 6.30 Å². The summed E-state index contributed by atoms with van der Waals surface area (Å²) in [5.74, 6) is 0. The van der Waals surface area contributed by atoms with Gasteiger partial charge < -0.3 is 5.73 Å². The van der Waals surface area contributed by atoms with Crippen molar-refractivity contribution in [2.24, 2.45) is 5.73 Å². The van der Waals surface area contributed by atoms with Crippen molar-refractivity contribution in [3.8, 4) is 0 Å². The average Bonchev–Trinajstić information content (AvgIpc) is 2.19. The summed E-state index contributed by atoms with van der Waals surface area (Å²) in [6, 6.07) is 0. The van der Waals surface area contributed by atoms with Crippen LogP contribution in [-0.4, -0.2) is 24.8 Å². The SMILES string of the molecule is NCC1(NC(F)C(F)F)CCCCC1. The Morgan fingerprint density at radius 3 is 2.14 bits per heavy atom. The van der Waals surface area contributed by atoms with E-state index in [0.717, 1.165) is 19.3 Å². The predicted octanol–water partition coefficient (Wildman–Crippen LogP) is 1.80. The molecule has 0 aromatic heterocycles. The van der Waals surface area contributed by atoms with Gasteiger partial charge in [0, 0.05) is 12.1 Å². The number of alkyl halides is 3. The van der Waals surface area contributed by atoms with Gasteiger partial charge in [-0.2, -0.15) is 0 Å². The fraction of sp³-hybridized carbons (Fsp3) is 1.00. The van der Waals surface area contributed by atoms with E-state index in [-0.39, 0.29) is 6.54 Å². The highest BCUT2D eigenvalue weighted by atomic mass is 19.3. The van der Waals surface area contributed by atoms with Crippen LogP contribution in [0.15, 0.2) is 0 Å². The molecule has 0 amide bonds. The Labute approximate surface area is 82.0 Å². The molecule has 1 saturated carbocycles. The molecular formula is C9H17F3N2. The number of halogens is 3. The van der Waals surface area contributed by atoms with Crippen LogP contribution in [0.5, 0.6) is 0 Å². The van der Waals surface area contributed by atoms with Crippen LogP contribution in [-0.2, 0) is 0 Å². The smallest absolute Gasteiger partial charge is 0.282 e. The van der Waals surface area contributed by atoms with Crippen LogP contribution in [0.25, 0.3) is 0 Å². The first-order valence-electron chi connectivity index (χ1n) is 5.00. The molecule has 1 unspecified atom stereocenters. The molecule has 0 saturated heterocycles. The fourth-order valence-electron chi connectivity index (χ4n) is 1.99. The highest BCUT2D eigenvalue weighted by molar-refractivity contribution is 4.92. The maximum atomic E-state index is 12.8. The minimum Gasteiger partial charge on any atom is -0.329 e. The van der Waals surface area contributed by atoms with Crippen LogP contribution < -0.4 is 11.1 Å². The van der Waals surface area contributed by atoms with E-state index in [0.29, 0.717) is 12.8 Å². The second-order valence-corrected chi connectivity index (χ2v) is 3.93. The molecule has 0 aromatic carbocycles. The Bertz CT molecular complexity index is 169. The molecule has 0 aliphatic heterocycles. The number of hydrogen-bond acceptors (Lipinski definition) is 2. The molecule has 14 heavy (non-hydrogen) atoms. The molecule has 0 radical (unpaired) electrons. The van der Waals surface area contributed by atoms with Crippen LogP contribution >= 0.6 is 0 Å². The lowest BCUT2D eigenvalue weighted by Crippen LogP contribution is -2.56. The van der Waals surface area contributed by atoms with Crippen molar-refractivity contribution in [2.75, 3.05) is 6.54 Å². The van der Waals surface area contributed by atoms with E-state index >= 15 is 0 Å². The maximum Gasteiger partial charge on any atom is 0.282 e. The quantitative estimate of drug-likeness (QED) is 0.694. The minimum atomic E-state index is -2.97. The van der Waals surface area contributed by atoms with Crippen LogP contribution in [0.1, 0.15) is 32.1 Å². The predicted molar refractivity (Wildman–Crippen MR) is 48.9 cm³/mol. The Morgan fingerprint density at radius 1 is 1.14 bits per heavy atom. The van der Waals surface area contributed by atoms with Crippen molar-refractivity contribution in [1.82, 2.24) is 5.32 Å². The zero-order valence-electron chi connectivity index (χ0n) is 8.11. The van der Waals surface area contributed by atoms with E-state index in [4.69, 9.17) is 5.73 Å². The largest absolute Gasteiger partial charge is 0.329 e. The molecular weight excluding hydrogens is 193 g/mol. The molecule has 84 valence electrons. The first kappa shape index (κ1) is 11.8. The van der Waals surface area contributed by atoms with E-state index in [1.54, 1.807) is 0 Å². The normalized spacial score (nSPS) is 23.8. The molecule has 0 spiro atoms. The van der Waals surface area contributed by atoms with Gasteiger partial charge in [0.25, 0.3) is 6.43 Å². The van der Waals surface area contributed by atoms with E-state index in [1.165, 1.54) is 0 Å². The first-order chi connectivity index (χ1) is 6.59. The third-order valence-electron chi connectivity index (χ3n) is 2.87. The van der Waals surface area contributed by atoms with E-state index in [9.17, 15) is 13.2 Å². The summed E-state index contributed by atoms with van der Waals surface area (Å²) >= 11 is 0. The molecule has 1 fully saturated rings. The van der Waals surface area contributed by atoms with Gasteiger partial charge in [-0.15, -0.1) is 0 Å². The average molecular weight is 210 g/mol. The second-order valence-electron chi connectivity index (χ2n) is 3.93. The maximum absolute atomic E-state index is 12.8. The molecule has 5 heteroatoms. The lowest BCUT2D eigenvalue weighted by atomic mass is 9.81. The summed E-state index contributed by atoms with van der Waals surface area (Å²) in [5.41, 5.74) is 4.91. The van der Waals surface area contributed by atoms with Crippen molar-refractivity contribution in [3.63, 3.8) is 0 Å². The monoisotopic (exact) mass is 210 g/mol. The lowest BCUT2D eigenvalue weighted by Gasteiger charge is -2.38.